The fourth-order valence-corrected chi connectivity index (χ4v) is 11.5. The van der Waals surface area contributed by atoms with E-state index in [1.165, 1.54) is 16.8 Å². The molecule has 5 aliphatic rings. The molecule has 5 aromatic rings. The molecule has 2 N–H and O–H groups in total. The van der Waals surface area contributed by atoms with Crippen molar-refractivity contribution in [3.05, 3.63) is 105 Å². The molecule has 0 saturated carbocycles. The molecule has 13 nitrogen and oxygen atoms in total. The maximum Gasteiger partial charge on any atom is 0.234 e. The third-order valence-electron chi connectivity index (χ3n) is 14.7. The zero-order chi connectivity index (χ0) is 45.1. The molecule has 10 rings (SSSR count). The predicted molar refractivity (Wildman–Crippen MR) is 263 cm³/mol. The highest BCUT2D eigenvalue weighted by Gasteiger charge is 2.33. The van der Waals surface area contributed by atoms with Crippen LogP contribution in [0.15, 0.2) is 83.5 Å². The lowest BCUT2D eigenvalue weighted by Crippen LogP contribution is -2.51. The number of nitrogens with one attached hydrogen (secondary N) is 2. The van der Waals surface area contributed by atoms with Gasteiger partial charge in [-0.3, -0.25) is 29.5 Å². The lowest BCUT2D eigenvalue weighted by Gasteiger charge is -2.40. The number of hydrogen-bond donors (Lipinski definition) is 2. The normalized spacial score (nSPS) is 21.2. The van der Waals surface area contributed by atoms with Crippen LogP contribution in [0.2, 0.25) is 5.02 Å². The largest absolute Gasteiger partial charge is 0.372 e. The second-order valence-corrected chi connectivity index (χ2v) is 20.3. The van der Waals surface area contributed by atoms with Crippen LogP contribution in [0.25, 0.3) is 22.6 Å². The molecule has 0 unspecified atom stereocenters. The number of benzene rings is 3. The summed E-state index contributed by atoms with van der Waals surface area (Å²) in [6.45, 7) is 14.1. The van der Waals surface area contributed by atoms with Gasteiger partial charge in [-0.05, 0) is 108 Å². The molecule has 66 heavy (non-hydrogen) atoms. The molecule has 0 spiro atoms. The molecule has 0 radical (unpaired) electrons. The molecule has 15 heteroatoms. The maximum absolute atomic E-state index is 13.7. The Balaban J connectivity index is 0.645. The van der Waals surface area contributed by atoms with E-state index in [9.17, 15) is 14.4 Å². The van der Waals surface area contributed by atoms with Gasteiger partial charge >= 0.3 is 0 Å². The van der Waals surface area contributed by atoms with E-state index in [0.717, 1.165) is 167 Å². The summed E-state index contributed by atoms with van der Waals surface area (Å²) in [5, 5.41) is 3.24. The van der Waals surface area contributed by atoms with Crippen molar-refractivity contribution in [2.24, 2.45) is 11.8 Å². The van der Waals surface area contributed by atoms with E-state index in [1.54, 1.807) is 0 Å². The Bertz CT molecular complexity index is 2490. The van der Waals surface area contributed by atoms with Crippen molar-refractivity contribution < 1.29 is 14.4 Å². The van der Waals surface area contributed by atoms with Crippen LogP contribution in [0.5, 0.6) is 0 Å². The third kappa shape index (κ3) is 10.3. The van der Waals surface area contributed by atoms with E-state index in [4.69, 9.17) is 16.6 Å². The number of aromatic nitrogens is 3. The molecule has 5 aliphatic heterocycles. The van der Waals surface area contributed by atoms with Crippen LogP contribution in [0.4, 0.5) is 11.4 Å². The number of anilines is 2. The van der Waals surface area contributed by atoms with Gasteiger partial charge in [-0.2, -0.15) is 0 Å². The van der Waals surface area contributed by atoms with Crippen molar-refractivity contribution in [1.82, 2.24) is 39.9 Å². The first-order chi connectivity index (χ1) is 32.2. The number of carbonyl (C=O) groups is 3. The minimum absolute atomic E-state index is 0.131. The summed E-state index contributed by atoms with van der Waals surface area (Å²) in [5.74, 6) is 1.37. The highest BCUT2D eigenvalue weighted by Crippen LogP contribution is 2.35. The fourth-order valence-electron chi connectivity index (χ4n) is 10.8. The van der Waals surface area contributed by atoms with Gasteiger partial charge in [0.05, 0.1) is 16.1 Å². The number of piperazine rings is 2. The van der Waals surface area contributed by atoms with Gasteiger partial charge < -0.3 is 24.6 Å². The number of piperidine rings is 3. The van der Waals surface area contributed by atoms with Crippen LogP contribution in [0.3, 0.4) is 0 Å². The van der Waals surface area contributed by atoms with Gasteiger partial charge in [-0.1, -0.05) is 60.1 Å². The zero-order valence-corrected chi connectivity index (χ0v) is 40.0. The standard InChI is InChI=1S/C51H60BrClN10O3/c52-44-31-54-49-46(47(44)62-27-23-59(24-28-62)33-36-3-9-41(53)10-4-36)56-48(57-49)39-5-1-35(2-6-39)32-60-25-29-63(30-26-60)51(66)40-17-19-58(20-18-40)34-37-15-21-61(22-16-37)42-11-7-38(8-12-42)43-13-14-45(64)55-50(43)65/h1-12,31,37,40,43H,13-30,32-34H2,(H,54,56,57)(H,55,64,65)/t43-/m1/s1. The average Bonchev–Trinajstić information content (AvgIpc) is 3.78. The monoisotopic (exact) mass is 974 g/mol. The van der Waals surface area contributed by atoms with Crippen LogP contribution >= 0.6 is 27.5 Å². The molecule has 3 amide bonds. The van der Waals surface area contributed by atoms with Gasteiger partial charge in [-0.15, -0.1) is 0 Å². The molecule has 346 valence electrons. The quantitative estimate of drug-likeness (QED) is 0.132. The molecule has 0 bridgehead atoms. The number of H-pyrrole nitrogens is 1. The highest BCUT2D eigenvalue weighted by molar-refractivity contribution is 9.10. The van der Waals surface area contributed by atoms with E-state index in [2.05, 4.69) is 121 Å². The molecule has 5 fully saturated rings. The van der Waals surface area contributed by atoms with Crippen LogP contribution < -0.4 is 15.1 Å². The van der Waals surface area contributed by atoms with E-state index < -0.39 is 0 Å². The molecule has 5 saturated heterocycles. The van der Waals surface area contributed by atoms with Crippen molar-refractivity contribution in [3.8, 4) is 11.4 Å². The van der Waals surface area contributed by atoms with Crippen molar-refractivity contribution >= 4 is 67.8 Å². The lowest BCUT2D eigenvalue weighted by atomic mass is 9.90. The summed E-state index contributed by atoms with van der Waals surface area (Å²) in [6.07, 6.45) is 7.06. The van der Waals surface area contributed by atoms with Crippen molar-refractivity contribution in [3.63, 3.8) is 0 Å². The van der Waals surface area contributed by atoms with E-state index in [-0.39, 0.29) is 23.7 Å². The van der Waals surface area contributed by atoms with Crippen molar-refractivity contribution in [2.45, 2.75) is 57.5 Å². The predicted octanol–water partition coefficient (Wildman–Crippen LogP) is 7.16. The number of halogens is 2. The number of likely N-dealkylation sites (tertiary alicyclic amines) is 1. The molecule has 7 heterocycles. The summed E-state index contributed by atoms with van der Waals surface area (Å²) in [5.41, 5.74) is 8.54. The van der Waals surface area contributed by atoms with Gasteiger partial charge in [-0.25, -0.2) is 9.97 Å². The van der Waals surface area contributed by atoms with Crippen LogP contribution in [0, 0.1) is 11.8 Å². The molecule has 2 aromatic heterocycles. The summed E-state index contributed by atoms with van der Waals surface area (Å²) >= 11 is 9.90. The Hall–Kier alpha value is -4.86. The summed E-state index contributed by atoms with van der Waals surface area (Å²) < 4.78 is 0.967. The SMILES string of the molecule is O=C1CC[C@H](c2ccc(N3CCC(CN4CCC(C(=O)N5CCN(Cc6ccc(-c7nc8ncc(Br)c(N9CCN(Cc%10ccc(Cl)cc%10)CC9)c8[nH]7)cc6)CC5)CC4)CC3)cc2)C(=O)N1. The van der Waals surface area contributed by atoms with E-state index in [0.29, 0.717) is 24.7 Å². The van der Waals surface area contributed by atoms with Gasteiger partial charge in [0, 0.05) is 120 Å². The summed E-state index contributed by atoms with van der Waals surface area (Å²) in [6, 6.07) is 25.2. The Labute approximate surface area is 401 Å². The third-order valence-corrected chi connectivity index (χ3v) is 15.6. The second kappa shape index (κ2) is 20.2. The number of imidazole rings is 1. The number of rotatable bonds is 11. The first kappa shape index (κ1) is 44.9. The number of amides is 3. The lowest BCUT2D eigenvalue weighted by molar-refractivity contribution is -0.139. The average molecular weight is 976 g/mol. The Morgan fingerprint density at radius 2 is 1.33 bits per heavy atom. The second-order valence-electron chi connectivity index (χ2n) is 19.0. The van der Waals surface area contributed by atoms with Gasteiger partial charge in [0.15, 0.2) is 5.65 Å². The van der Waals surface area contributed by atoms with Crippen LogP contribution in [-0.4, -0.2) is 137 Å². The fraction of sp³-hybridized carbons (Fsp3) is 0.471. The topological polar surface area (TPSA) is 124 Å². The zero-order valence-electron chi connectivity index (χ0n) is 37.6. The molecular formula is C51H60BrClN10O3. The number of carbonyl (C=O) groups excluding carboxylic acids is 3. The van der Waals surface area contributed by atoms with Crippen LogP contribution in [-0.2, 0) is 27.5 Å². The Kier molecular flexibility index (Phi) is 13.7. The van der Waals surface area contributed by atoms with E-state index in [1.807, 2.05) is 18.3 Å². The minimum atomic E-state index is -0.242. The van der Waals surface area contributed by atoms with Gasteiger partial charge in [0.2, 0.25) is 17.7 Å². The molecule has 1 atom stereocenters. The number of pyridine rings is 1. The summed E-state index contributed by atoms with van der Waals surface area (Å²) in [4.78, 5) is 65.3. The maximum atomic E-state index is 13.7. The highest BCUT2D eigenvalue weighted by atomic mass is 79.9. The first-order valence-corrected chi connectivity index (χ1v) is 25.1. The number of hydrogen-bond acceptors (Lipinski definition) is 10. The van der Waals surface area contributed by atoms with Crippen molar-refractivity contribution in [2.75, 3.05) is 94.9 Å². The number of imide groups is 1. The Morgan fingerprint density at radius 1 is 0.697 bits per heavy atom. The smallest absolute Gasteiger partial charge is 0.234 e. The number of fused-ring (bicyclic) bond motifs is 1. The van der Waals surface area contributed by atoms with Gasteiger partial charge in [0.1, 0.15) is 11.3 Å². The number of aromatic amines is 1. The molecule has 3 aromatic carbocycles. The molecule has 0 aliphatic carbocycles. The van der Waals surface area contributed by atoms with E-state index >= 15 is 0 Å². The van der Waals surface area contributed by atoms with Gasteiger partial charge in [0.25, 0.3) is 0 Å². The first-order valence-electron chi connectivity index (χ1n) is 24.0. The van der Waals surface area contributed by atoms with Crippen LogP contribution in [0.1, 0.15) is 61.1 Å². The number of nitrogens with zero attached hydrogens (tertiary/aromatic N) is 8. The Morgan fingerprint density at radius 3 is 1.98 bits per heavy atom. The molecular weight excluding hydrogens is 916 g/mol. The minimum Gasteiger partial charge on any atom is -0.372 e. The van der Waals surface area contributed by atoms with Crippen molar-refractivity contribution in [1.29, 1.82) is 0 Å². The summed E-state index contributed by atoms with van der Waals surface area (Å²) in [7, 11) is 0.